The van der Waals surface area contributed by atoms with E-state index in [1.54, 1.807) is 0 Å². The minimum atomic E-state index is -0.0469. The zero-order valence-electron chi connectivity index (χ0n) is 16.3. The molecule has 0 aliphatic heterocycles. The Morgan fingerprint density at radius 1 is 0.607 bits per heavy atom. The van der Waals surface area contributed by atoms with Gasteiger partial charge in [0.15, 0.2) is 0 Å². The summed E-state index contributed by atoms with van der Waals surface area (Å²) in [6, 6.07) is 31.3. The van der Waals surface area contributed by atoms with Crippen LogP contribution in [0, 0.1) is 17.8 Å². The summed E-state index contributed by atoms with van der Waals surface area (Å²) in [5, 5.41) is 0. The fourth-order valence-corrected chi connectivity index (χ4v) is 3.99. The summed E-state index contributed by atoms with van der Waals surface area (Å²) < 4.78 is 0. The van der Waals surface area contributed by atoms with E-state index >= 15 is 0 Å². The van der Waals surface area contributed by atoms with Crippen molar-refractivity contribution in [3.05, 3.63) is 120 Å². The molecule has 0 saturated heterocycles. The van der Waals surface area contributed by atoms with Gasteiger partial charge in [-0.25, -0.2) is 0 Å². The zero-order chi connectivity index (χ0) is 19.6. The Bertz CT molecular complexity index is 786. The SMILES string of the molecule is C=C[C@@H](Cc1ccccc1)[C@H](Cc1ccccc1)[C@@H](C=O)Cc1ccccc1. The van der Waals surface area contributed by atoms with E-state index in [-0.39, 0.29) is 17.8 Å². The van der Waals surface area contributed by atoms with Crippen LogP contribution < -0.4 is 0 Å². The molecule has 0 saturated carbocycles. The van der Waals surface area contributed by atoms with Crippen molar-refractivity contribution in [3.8, 4) is 0 Å². The highest BCUT2D eigenvalue weighted by Gasteiger charge is 2.28. The van der Waals surface area contributed by atoms with E-state index in [2.05, 4.69) is 67.2 Å². The third-order valence-corrected chi connectivity index (χ3v) is 5.52. The van der Waals surface area contributed by atoms with Gasteiger partial charge >= 0.3 is 0 Å². The van der Waals surface area contributed by atoms with E-state index in [1.165, 1.54) is 16.7 Å². The Kier molecular flexibility index (Phi) is 7.37. The first-order valence-corrected chi connectivity index (χ1v) is 9.99. The molecule has 3 atom stereocenters. The first kappa shape index (κ1) is 19.8. The predicted molar refractivity (Wildman–Crippen MR) is 117 cm³/mol. The van der Waals surface area contributed by atoms with Gasteiger partial charge in [-0.05, 0) is 47.8 Å². The molecule has 0 N–H and O–H groups in total. The molecule has 0 heterocycles. The topological polar surface area (TPSA) is 17.1 Å². The molecule has 28 heavy (non-hydrogen) atoms. The van der Waals surface area contributed by atoms with Gasteiger partial charge in [0.2, 0.25) is 0 Å². The third kappa shape index (κ3) is 5.53. The van der Waals surface area contributed by atoms with Gasteiger partial charge in [-0.1, -0.05) is 97.1 Å². The zero-order valence-corrected chi connectivity index (χ0v) is 16.3. The molecule has 3 aromatic rings. The molecular formula is C27H28O. The van der Waals surface area contributed by atoms with Gasteiger partial charge in [0, 0.05) is 5.92 Å². The lowest BCUT2D eigenvalue weighted by atomic mass is 9.73. The van der Waals surface area contributed by atoms with Crippen molar-refractivity contribution in [3.63, 3.8) is 0 Å². The van der Waals surface area contributed by atoms with Crippen molar-refractivity contribution in [2.24, 2.45) is 17.8 Å². The van der Waals surface area contributed by atoms with Crippen LogP contribution in [-0.4, -0.2) is 6.29 Å². The monoisotopic (exact) mass is 368 g/mol. The Balaban J connectivity index is 1.87. The number of aldehydes is 1. The summed E-state index contributed by atoms with van der Waals surface area (Å²) in [4.78, 5) is 12.2. The molecule has 1 nitrogen and oxygen atoms in total. The minimum Gasteiger partial charge on any atom is -0.303 e. The summed E-state index contributed by atoms with van der Waals surface area (Å²) in [6.07, 6.45) is 5.74. The van der Waals surface area contributed by atoms with Gasteiger partial charge in [0.25, 0.3) is 0 Å². The quantitative estimate of drug-likeness (QED) is 0.319. The van der Waals surface area contributed by atoms with E-state index in [1.807, 2.05) is 36.4 Å². The highest BCUT2D eigenvalue weighted by Crippen LogP contribution is 2.31. The normalized spacial score (nSPS) is 14.0. The van der Waals surface area contributed by atoms with Crippen LogP contribution in [0.3, 0.4) is 0 Å². The molecule has 0 bridgehead atoms. The first-order chi connectivity index (χ1) is 13.8. The Labute approximate surface area is 168 Å². The standard InChI is InChI=1S/C27H28O/c1-2-25(18-22-12-6-3-7-13-22)27(20-24-16-10-5-11-17-24)26(21-28)19-23-14-8-4-9-15-23/h2-17,21,25-27H,1,18-20H2/t25-,26+,27-/m0/s1. The molecule has 0 aromatic heterocycles. The molecule has 3 aromatic carbocycles. The summed E-state index contributed by atoms with van der Waals surface area (Å²) in [5.74, 6) is 0.397. The first-order valence-electron chi connectivity index (χ1n) is 9.99. The van der Waals surface area contributed by atoms with Crippen LogP contribution >= 0.6 is 0 Å². The lowest BCUT2D eigenvalue weighted by Crippen LogP contribution is -2.29. The van der Waals surface area contributed by atoms with Crippen LogP contribution in [0.4, 0.5) is 0 Å². The maximum Gasteiger partial charge on any atom is 0.123 e. The lowest BCUT2D eigenvalue weighted by Gasteiger charge is -2.30. The van der Waals surface area contributed by atoms with E-state index in [4.69, 9.17) is 0 Å². The van der Waals surface area contributed by atoms with Crippen molar-refractivity contribution >= 4 is 6.29 Å². The number of allylic oxidation sites excluding steroid dienone is 1. The Morgan fingerprint density at radius 3 is 1.39 bits per heavy atom. The number of hydrogen-bond acceptors (Lipinski definition) is 1. The smallest absolute Gasteiger partial charge is 0.123 e. The summed E-state index contributed by atoms with van der Waals surface area (Å²) >= 11 is 0. The fourth-order valence-electron chi connectivity index (χ4n) is 3.99. The summed E-state index contributed by atoms with van der Waals surface area (Å²) in [6.45, 7) is 4.13. The van der Waals surface area contributed by atoms with Gasteiger partial charge in [-0.2, -0.15) is 0 Å². The van der Waals surface area contributed by atoms with Gasteiger partial charge in [-0.15, -0.1) is 6.58 Å². The summed E-state index contributed by atoms with van der Waals surface area (Å²) in [5.41, 5.74) is 3.77. The highest BCUT2D eigenvalue weighted by atomic mass is 16.1. The number of hydrogen-bond donors (Lipinski definition) is 0. The van der Waals surface area contributed by atoms with Crippen LogP contribution in [0.2, 0.25) is 0 Å². The van der Waals surface area contributed by atoms with Crippen molar-refractivity contribution in [1.82, 2.24) is 0 Å². The molecule has 0 fully saturated rings. The second-order valence-corrected chi connectivity index (χ2v) is 7.43. The molecule has 0 unspecified atom stereocenters. The highest BCUT2D eigenvalue weighted by molar-refractivity contribution is 5.55. The van der Waals surface area contributed by atoms with E-state index in [9.17, 15) is 4.79 Å². The largest absolute Gasteiger partial charge is 0.303 e. The second-order valence-electron chi connectivity index (χ2n) is 7.43. The van der Waals surface area contributed by atoms with Gasteiger partial charge in [0.05, 0.1) is 0 Å². The maximum absolute atomic E-state index is 12.2. The Hall–Kier alpha value is -2.93. The van der Waals surface area contributed by atoms with Gasteiger partial charge in [-0.3, -0.25) is 0 Å². The molecule has 142 valence electrons. The molecule has 0 aliphatic rings. The van der Waals surface area contributed by atoms with Crippen LogP contribution in [-0.2, 0) is 24.1 Å². The Morgan fingerprint density at radius 2 is 1.00 bits per heavy atom. The average Bonchev–Trinajstić information content (AvgIpc) is 2.77. The molecule has 3 rings (SSSR count). The van der Waals surface area contributed by atoms with Crippen LogP contribution in [0.15, 0.2) is 104 Å². The molecule has 0 aliphatic carbocycles. The molecule has 0 spiro atoms. The molecule has 0 radical (unpaired) electrons. The van der Waals surface area contributed by atoms with E-state index < -0.39 is 0 Å². The fraction of sp³-hybridized carbons (Fsp3) is 0.222. The summed E-state index contributed by atoms with van der Waals surface area (Å²) in [7, 11) is 0. The number of carbonyl (C=O) groups excluding carboxylic acids is 1. The van der Waals surface area contributed by atoms with Crippen LogP contribution in [0.1, 0.15) is 16.7 Å². The van der Waals surface area contributed by atoms with E-state index in [0.29, 0.717) is 0 Å². The second kappa shape index (κ2) is 10.4. The van der Waals surface area contributed by atoms with Crippen molar-refractivity contribution in [2.75, 3.05) is 0 Å². The van der Waals surface area contributed by atoms with Crippen molar-refractivity contribution < 1.29 is 4.79 Å². The minimum absolute atomic E-state index is 0.0469. The van der Waals surface area contributed by atoms with Crippen LogP contribution in [0.5, 0.6) is 0 Å². The van der Waals surface area contributed by atoms with Crippen molar-refractivity contribution in [2.45, 2.75) is 19.3 Å². The number of rotatable bonds is 10. The molecule has 0 amide bonds. The number of carbonyl (C=O) groups is 1. The van der Waals surface area contributed by atoms with Crippen molar-refractivity contribution in [1.29, 1.82) is 0 Å². The predicted octanol–water partition coefficient (Wildman–Crippen LogP) is 5.95. The van der Waals surface area contributed by atoms with Gasteiger partial charge < -0.3 is 4.79 Å². The molecule has 1 heteroatoms. The average molecular weight is 369 g/mol. The number of benzene rings is 3. The van der Waals surface area contributed by atoms with E-state index in [0.717, 1.165) is 25.5 Å². The maximum atomic E-state index is 12.2. The van der Waals surface area contributed by atoms with Crippen LogP contribution in [0.25, 0.3) is 0 Å². The third-order valence-electron chi connectivity index (χ3n) is 5.52. The van der Waals surface area contributed by atoms with Gasteiger partial charge in [0.1, 0.15) is 6.29 Å². The molecular weight excluding hydrogens is 340 g/mol. The lowest BCUT2D eigenvalue weighted by molar-refractivity contribution is -0.113.